The lowest BCUT2D eigenvalue weighted by Gasteiger charge is -2.09. The third kappa shape index (κ3) is 8.79. The van der Waals surface area contributed by atoms with Crippen molar-refractivity contribution in [2.24, 2.45) is 9.98 Å². The molecule has 0 aliphatic carbocycles. The van der Waals surface area contributed by atoms with Crippen LogP contribution < -0.4 is 0 Å². The van der Waals surface area contributed by atoms with E-state index < -0.39 is 0 Å². The molecule has 140 valence electrons. The predicted octanol–water partition coefficient (Wildman–Crippen LogP) is 2.70. The Bertz CT molecular complexity index is 520. The van der Waals surface area contributed by atoms with Crippen LogP contribution >= 0.6 is 0 Å². The average molecular weight is 347 g/mol. The van der Waals surface area contributed by atoms with Gasteiger partial charge in [-0.25, -0.2) is 0 Å². The second-order valence-corrected chi connectivity index (χ2v) is 6.86. The van der Waals surface area contributed by atoms with E-state index in [0.29, 0.717) is 0 Å². The van der Waals surface area contributed by atoms with Crippen LogP contribution in [0.15, 0.2) is 22.1 Å². The van der Waals surface area contributed by atoms with E-state index in [1.54, 1.807) is 12.4 Å². The van der Waals surface area contributed by atoms with Crippen molar-refractivity contribution in [1.29, 1.82) is 0 Å². The van der Waals surface area contributed by atoms with Gasteiger partial charge in [-0.1, -0.05) is 6.92 Å². The zero-order valence-corrected chi connectivity index (χ0v) is 16.5. The van der Waals surface area contributed by atoms with Crippen molar-refractivity contribution >= 4 is 12.4 Å². The first-order chi connectivity index (χ1) is 11.9. The van der Waals surface area contributed by atoms with Crippen molar-refractivity contribution in [3.05, 3.63) is 28.8 Å². The lowest BCUT2D eigenvalue weighted by molar-refractivity contribution is 0.403. The summed E-state index contributed by atoms with van der Waals surface area (Å²) in [5, 5.41) is 10.5. The number of aliphatic imine (C=N–C) groups is 2. The lowest BCUT2D eigenvalue weighted by atomic mass is 10.0. The van der Waals surface area contributed by atoms with Crippen LogP contribution in [0.5, 0.6) is 5.75 Å². The van der Waals surface area contributed by atoms with E-state index in [1.807, 2.05) is 12.1 Å². The van der Waals surface area contributed by atoms with Crippen molar-refractivity contribution in [2.75, 3.05) is 54.4 Å². The van der Waals surface area contributed by atoms with Crippen LogP contribution in [0.25, 0.3) is 0 Å². The van der Waals surface area contributed by atoms with Gasteiger partial charge in [-0.2, -0.15) is 0 Å². The van der Waals surface area contributed by atoms with Gasteiger partial charge in [0.1, 0.15) is 5.75 Å². The molecule has 0 aromatic heterocycles. The van der Waals surface area contributed by atoms with E-state index in [2.05, 4.69) is 54.9 Å². The Labute approximate surface area is 153 Å². The number of phenols is 1. The maximum Gasteiger partial charge on any atom is 0.133 e. The van der Waals surface area contributed by atoms with Crippen molar-refractivity contribution in [2.45, 2.75) is 26.2 Å². The minimum Gasteiger partial charge on any atom is -0.507 e. The molecule has 0 amide bonds. The molecule has 25 heavy (non-hydrogen) atoms. The maximum atomic E-state index is 10.5. The molecule has 0 spiro atoms. The Morgan fingerprint density at radius 2 is 1.32 bits per heavy atom. The standard InChI is InChI=1S/C20H34N4O/c1-6-17-13-18(15-21-9-7-11-23(2)3)20(25)19(14-17)16-22-10-8-12-24(4)5/h13-16,25H,6-12H2,1-5H3. The van der Waals surface area contributed by atoms with Crippen LogP contribution in [0.3, 0.4) is 0 Å². The number of hydrogen-bond acceptors (Lipinski definition) is 5. The summed E-state index contributed by atoms with van der Waals surface area (Å²) in [4.78, 5) is 13.2. The SMILES string of the molecule is CCc1cc(C=NCCCN(C)C)c(O)c(C=NCCCN(C)C)c1. The summed E-state index contributed by atoms with van der Waals surface area (Å²) >= 11 is 0. The van der Waals surface area contributed by atoms with Crippen LogP contribution in [-0.2, 0) is 6.42 Å². The minimum atomic E-state index is 0.268. The third-order valence-electron chi connectivity index (χ3n) is 3.88. The number of aromatic hydroxyl groups is 1. The molecule has 1 aromatic rings. The van der Waals surface area contributed by atoms with Gasteiger partial charge in [0.2, 0.25) is 0 Å². The highest BCUT2D eigenvalue weighted by molar-refractivity contribution is 5.92. The Balaban J connectivity index is 2.75. The minimum absolute atomic E-state index is 0.268. The molecule has 0 bridgehead atoms. The zero-order chi connectivity index (χ0) is 18.7. The first-order valence-corrected chi connectivity index (χ1v) is 9.09. The van der Waals surface area contributed by atoms with E-state index in [-0.39, 0.29) is 5.75 Å². The van der Waals surface area contributed by atoms with E-state index in [4.69, 9.17) is 0 Å². The average Bonchev–Trinajstić information content (AvgIpc) is 2.56. The van der Waals surface area contributed by atoms with Gasteiger partial charge >= 0.3 is 0 Å². The highest BCUT2D eigenvalue weighted by atomic mass is 16.3. The highest BCUT2D eigenvalue weighted by Crippen LogP contribution is 2.22. The number of nitrogens with zero attached hydrogens (tertiary/aromatic N) is 4. The first kappa shape index (κ1) is 21.3. The highest BCUT2D eigenvalue weighted by Gasteiger charge is 2.06. The summed E-state index contributed by atoms with van der Waals surface area (Å²) in [7, 11) is 8.24. The molecule has 1 rings (SSSR count). The van der Waals surface area contributed by atoms with E-state index in [0.717, 1.165) is 56.6 Å². The molecule has 0 heterocycles. The number of rotatable bonds is 11. The Morgan fingerprint density at radius 1 is 0.880 bits per heavy atom. The summed E-state index contributed by atoms with van der Waals surface area (Å²) in [6.45, 7) is 5.68. The van der Waals surface area contributed by atoms with E-state index in [9.17, 15) is 5.11 Å². The summed E-state index contributed by atoms with van der Waals surface area (Å²) in [5.41, 5.74) is 2.74. The smallest absolute Gasteiger partial charge is 0.133 e. The van der Waals surface area contributed by atoms with Gasteiger partial charge < -0.3 is 14.9 Å². The molecular weight excluding hydrogens is 312 g/mol. The van der Waals surface area contributed by atoms with Gasteiger partial charge in [-0.05, 0) is 78.2 Å². The number of benzene rings is 1. The van der Waals surface area contributed by atoms with Crippen molar-refractivity contribution < 1.29 is 5.11 Å². The molecule has 5 heteroatoms. The third-order valence-corrected chi connectivity index (χ3v) is 3.88. The van der Waals surface area contributed by atoms with Gasteiger partial charge in [-0.3, -0.25) is 9.98 Å². The summed E-state index contributed by atoms with van der Waals surface area (Å²) in [6.07, 6.45) is 6.51. The Hall–Kier alpha value is -1.72. The molecule has 0 aliphatic rings. The predicted molar refractivity (Wildman–Crippen MR) is 109 cm³/mol. The quantitative estimate of drug-likeness (QED) is 0.495. The van der Waals surface area contributed by atoms with Crippen molar-refractivity contribution in [3.8, 4) is 5.75 Å². The molecule has 0 saturated carbocycles. The van der Waals surface area contributed by atoms with Gasteiger partial charge in [0, 0.05) is 36.6 Å². The van der Waals surface area contributed by atoms with Crippen LogP contribution in [0, 0.1) is 0 Å². The molecule has 0 atom stereocenters. The van der Waals surface area contributed by atoms with Crippen molar-refractivity contribution in [1.82, 2.24) is 9.80 Å². The molecule has 0 unspecified atom stereocenters. The van der Waals surface area contributed by atoms with E-state index in [1.165, 1.54) is 5.56 Å². The fourth-order valence-electron chi connectivity index (χ4n) is 2.43. The van der Waals surface area contributed by atoms with Crippen LogP contribution in [-0.4, -0.2) is 81.7 Å². The Kier molecular flexibility index (Phi) is 10.0. The molecular formula is C20H34N4O. The molecule has 5 nitrogen and oxygen atoms in total. The summed E-state index contributed by atoms with van der Waals surface area (Å²) in [5.74, 6) is 0.268. The van der Waals surface area contributed by atoms with Gasteiger partial charge in [0.05, 0.1) is 0 Å². The van der Waals surface area contributed by atoms with Gasteiger partial charge in [0.25, 0.3) is 0 Å². The molecule has 0 saturated heterocycles. The first-order valence-electron chi connectivity index (χ1n) is 9.09. The molecule has 0 radical (unpaired) electrons. The van der Waals surface area contributed by atoms with E-state index >= 15 is 0 Å². The van der Waals surface area contributed by atoms with Crippen LogP contribution in [0.1, 0.15) is 36.5 Å². The second-order valence-electron chi connectivity index (χ2n) is 6.86. The number of hydrogen-bond donors (Lipinski definition) is 1. The van der Waals surface area contributed by atoms with Crippen LogP contribution in [0.4, 0.5) is 0 Å². The normalized spacial score (nSPS) is 12.3. The second kappa shape index (κ2) is 11.8. The lowest BCUT2D eigenvalue weighted by Crippen LogP contribution is -2.13. The molecule has 1 N–H and O–H groups in total. The molecule has 0 fully saturated rings. The summed E-state index contributed by atoms with van der Waals surface area (Å²) in [6, 6.07) is 4.02. The molecule has 1 aromatic carbocycles. The molecule has 0 aliphatic heterocycles. The fraction of sp³-hybridized carbons (Fsp3) is 0.600. The zero-order valence-electron chi connectivity index (χ0n) is 16.5. The fourth-order valence-corrected chi connectivity index (χ4v) is 2.43. The topological polar surface area (TPSA) is 51.4 Å². The maximum absolute atomic E-state index is 10.5. The largest absolute Gasteiger partial charge is 0.507 e. The van der Waals surface area contributed by atoms with Crippen molar-refractivity contribution in [3.63, 3.8) is 0 Å². The monoisotopic (exact) mass is 346 g/mol. The number of aryl methyl sites for hydroxylation is 1. The Morgan fingerprint density at radius 3 is 1.68 bits per heavy atom. The van der Waals surface area contributed by atoms with Gasteiger partial charge in [-0.15, -0.1) is 0 Å². The number of phenolic OH excluding ortho intramolecular Hbond substituents is 1. The van der Waals surface area contributed by atoms with Crippen LogP contribution in [0.2, 0.25) is 0 Å². The van der Waals surface area contributed by atoms with Gasteiger partial charge in [0.15, 0.2) is 0 Å². The summed E-state index contributed by atoms with van der Waals surface area (Å²) < 4.78 is 0.